The first-order chi connectivity index (χ1) is 33.2. The highest BCUT2D eigenvalue weighted by Gasteiger charge is 2.52. The van der Waals surface area contributed by atoms with Crippen LogP contribution in [0.2, 0.25) is 0 Å². The summed E-state index contributed by atoms with van der Waals surface area (Å²) in [6, 6.07) is 98.1. The predicted octanol–water partition coefficient (Wildman–Crippen LogP) is 17.5. The zero-order valence-electron chi connectivity index (χ0n) is 36.8. The molecule has 0 N–H and O–H groups in total. The third kappa shape index (κ3) is 6.18. The Kier molecular flexibility index (Phi) is 9.11. The number of hydrogen-bond acceptors (Lipinski definition) is 2. The van der Waals surface area contributed by atoms with E-state index in [-0.39, 0.29) is 0 Å². The van der Waals surface area contributed by atoms with Gasteiger partial charge in [-0.05, 0) is 139 Å². The first-order valence-corrected chi connectivity index (χ1v) is 23.2. The van der Waals surface area contributed by atoms with Gasteiger partial charge in [-0.15, -0.1) is 0 Å². The fourth-order valence-corrected chi connectivity index (χ4v) is 11.1. The molecule has 0 aromatic heterocycles. The van der Waals surface area contributed by atoms with Gasteiger partial charge in [-0.1, -0.05) is 200 Å². The topological polar surface area (TPSA) is 6.48 Å². The Labute approximate surface area is 391 Å². The van der Waals surface area contributed by atoms with Crippen molar-refractivity contribution in [3.05, 3.63) is 289 Å². The fraction of sp³-hybridized carbons (Fsp3) is 0.0154. The minimum Gasteiger partial charge on any atom is -0.310 e. The molecule has 2 nitrogen and oxygen atoms in total. The van der Waals surface area contributed by atoms with E-state index in [1.807, 2.05) is 0 Å². The summed E-state index contributed by atoms with van der Waals surface area (Å²) < 4.78 is 0. The van der Waals surface area contributed by atoms with E-state index >= 15 is 0 Å². The molecule has 0 saturated heterocycles. The third-order valence-corrected chi connectivity index (χ3v) is 14.1. The second kappa shape index (κ2) is 15.8. The number of para-hydroxylation sites is 2. The molecular formula is C65H44N2. The minimum absolute atomic E-state index is 0.582. The number of benzene rings is 11. The second-order valence-electron chi connectivity index (χ2n) is 17.6. The quantitative estimate of drug-likeness (QED) is 0.158. The molecule has 1 aliphatic carbocycles. The van der Waals surface area contributed by atoms with Crippen LogP contribution in [0.5, 0.6) is 0 Å². The highest BCUT2D eigenvalue weighted by molar-refractivity contribution is 6.00. The van der Waals surface area contributed by atoms with Gasteiger partial charge in [0.1, 0.15) is 0 Å². The summed E-state index contributed by atoms with van der Waals surface area (Å²) in [6.07, 6.45) is 0. The van der Waals surface area contributed by atoms with Gasteiger partial charge >= 0.3 is 0 Å². The van der Waals surface area contributed by atoms with Crippen molar-refractivity contribution in [2.45, 2.75) is 5.41 Å². The Morgan fingerprint density at radius 3 is 1.27 bits per heavy atom. The number of fused-ring (bicyclic) bond motifs is 10. The minimum atomic E-state index is -0.582. The monoisotopic (exact) mass is 852 g/mol. The van der Waals surface area contributed by atoms with E-state index < -0.39 is 5.41 Å². The van der Waals surface area contributed by atoms with Gasteiger partial charge in [0.25, 0.3) is 0 Å². The molecule has 0 unspecified atom stereocenters. The second-order valence-corrected chi connectivity index (χ2v) is 17.6. The van der Waals surface area contributed by atoms with Crippen molar-refractivity contribution < 1.29 is 0 Å². The van der Waals surface area contributed by atoms with E-state index in [0.29, 0.717) is 0 Å². The van der Waals surface area contributed by atoms with Crippen LogP contribution in [-0.4, -0.2) is 0 Å². The SMILES string of the molecule is c1ccc(-c2ccc(N(c3ccc(N4c5ccccc5C5(c6cc(-c7ccccc7)ccc6-c6ccc(-c7ccccc7)cc65)c5ccccc54)cc3)c3cccc4ccccc34)cc2)cc1. The van der Waals surface area contributed by atoms with Gasteiger partial charge in [-0.2, -0.15) is 0 Å². The maximum atomic E-state index is 2.48. The van der Waals surface area contributed by atoms with Crippen LogP contribution in [0.25, 0.3) is 55.3 Å². The maximum absolute atomic E-state index is 2.48. The van der Waals surface area contributed by atoms with Crippen molar-refractivity contribution in [3.63, 3.8) is 0 Å². The number of nitrogens with zero attached hydrogens (tertiary/aromatic N) is 2. The maximum Gasteiger partial charge on any atom is 0.0754 e. The van der Waals surface area contributed by atoms with Crippen LogP contribution in [0.15, 0.2) is 267 Å². The number of rotatable bonds is 7. The molecule has 67 heavy (non-hydrogen) atoms. The predicted molar refractivity (Wildman–Crippen MR) is 280 cm³/mol. The summed E-state index contributed by atoms with van der Waals surface area (Å²) in [5.41, 5.74) is 21.2. The van der Waals surface area contributed by atoms with E-state index in [1.54, 1.807) is 0 Å². The lowest BCUT2D eigenvalue weighted by molar-refractivity contribution is 0.753. The Morgan fingerprint density at radius 1 is 0.299 bits per heavy atom. The third-order valence-electron chi connectivity index (χ3n) is 14.1. The Hall–Kier alpha value is -8.72. The van der Waals surface area contributed by atoms with Crippen LogP contribution in [0, 0.1) is 0 Å². The van der Waals surface area contributed by atoms with E-state index in [1.165, 1.54) is 88.9 Å². The molecule has 1 aliphatic heterocycles. The molecule has 1 heterocycles. The molecule has 314 valence electrons. The van der Waals surface area contributed by atoms with Crippen LogP contribution >= 0.6 is 0 Å². The van der Waals surface area contributed by atoms with Crippen molar-refractivity contribution in [2.75, 3.05) is 9.80 Å². The lowest BCUT2D eigenvalue weighted by Crippen LogP contribution is -2.36. The molecular weight excluding hydrogens is 809 g/mol. The summed E-state index contributed by atoms with van der Waals surface area (Å²) in [5.74, 6) is 0. The van der Waals surface area contributed by atoms with Gasteiger partial charge in [-0.3, -0.25) is 0 Å². The summed E-state index contributed by atoms with van der Waals surface area (Å²) in [4.78, 5) is 4.88. The molecule has 0 fully saturated rings. The van der Waals surface area contributed by atoms with Crippen molar-refractivity contribution in [3.8, 4) is 44.5 Å². The number of hydrogen-bond donors (Lipinski definition) is 0. The lowest BCUT2D eigenvalue weighted by atomic mass is 9.64. The normalized spacial score (nSPS) is 12.9. The van der Waals surface area contributed by atoms with E-state index in [9.17, 15) is 0 Å². The van der Waals surface area contributed by atoms with Gasteiger partial charge in [0.2, 0.25) is 0 Å². The van der Waals surface area contributed by atoms with Crippen LogP contribution < -0.4 is 9.80 Å². The van der Waals surface area contributed by atoms with Crippen molar-refractivity contribution >= 4 is 44.9 Å². The molecule has 2 heteroatoms. The van der Waals surface area contributed by atoms with E-state index in [2.05, 4.69) is 277 Å². The molecule has 0 bridgehead atoms. The van der Waals surface area contributed by atoms with Crippen LogP contribution in [-0.2, 0) is 5.41 Å². The largest absolute Gasteiger partial charge is 0.310 e. The smallest absolute Gasteiger partial charge is 0.0754 e. The van der Waals surface area contributed by atoms with Crippen LogP contribution in [0.4, 0.5) is 34.1 Å². The molecule has 11 aromatic carbocycles. The Morgan fingerprint density at radius 2 is 0.716 bits per heavy atom. The molecule has 2 aliphatic rings. The molecule has 0 saturated carbocycles. The van der Waals surface area contributed by atoms with Crippen LogP contribution in [0.1, 0.15) is 22.3 Å². The zero-order chi connectivity index (χ0) is 44.3. The summed E-state index contributed by atoms with van der Waals surface area (Å²) in [5, 5.41) is 2.41. The molecule has 11 aromatic rings. The summed E-state index contributed by atoms with van der Waals surface area (Å²) in [6.45, 7) is 0. The van der Waals surface area contributed by atoms with Gasteiger partial charge in [0.15, 0.2) is 0 Å². The fourth-order valence-electron chi connectivity index (χ4n) is 11.1. The van der Waals surface area contributed by atoms with Gasteiger partial charge in [0.05, 0.1) is 22.5 Å². The number of anilines is 6. The summed E-state index contributed by atoms with van der Waals surface area (Å²) >= 11 is 0. The van der Waals surface area contributed by atoms with E-state index in [0.717, 1.165) is 22.7 Å². The molecule has 13 rings (SSSR count). The van der Waals surface area contributed by atoms with E-state index in [4.69, 9.17) is 0 Å². The van der Waals surface area contributed by atoms with Gasteiger partial charge in [-0.25, -0.2) is 0 Å². The van der Waals surface area contributed by atoms with Gasteiger partial charge < -0.3 is 9.80 Å². The average molecular weight is 853 g/mol. The molecule has 1 spiro atoms. The molecule has 0 radical (unpaired) electrons. The van der Waals surface area contributed by atoms with Crippen molar-refractivity contribution in [2.24, 2.45) is 0 Å². The molecule has 0 amide bonds. The Balaban J connectivity index is 0.989. The first-order valence-electron chi connectivity index (χ1n) is 23.2. The zero-order valence-corrected chi connectivity index (χ0v) is 36.8. The summed E-state index contributed by atoms with van der Waals surface area (Å²) in [7, 11) is 0. The molecule has 0 atom stereocenters. The van der Waals surface area contributed by atoms with Gasteiger partial charge in [0, 0.05) is 22.4 Å². The standard InChI is InChI=1S/C65H44N2/c1-4-17-45(18-5-1)48-31-35-52(36-32-48)66(62-30-16-24-49-23-10-11-25-55(49)62)53-37-39-54(40-38-53)67-63-28-14-12-26-58(63)65(59-27-13-15-29-64(59)67)60-43-50(46-19-6-2-7-20-46)33-41-56(60)57-42-34-51(44-61(57)65)47-21-8-3-9-22-47/h1-44H. The van der Waals surface area contributed by atoms with Crippen molar-refractivity contribution in [1.29, 1.82) is 0 Å². The Bertz CT molecular complexity index is 3470. The highest BCUT2D eigenvalue weighted by Crippen LogP contribution is 2.64. The highest BCUT2D eigenvalue weighted by atomic mass is 15.2. The van der Waals surface area contributed by atoms with Crippen molar-refractivity contribution in [1.82, 2.24) is 0 Å². The lowest BCUT2D eigenvalue weighted by Gasteiger charge is -2.45. The van der Waals surface area contributed by atoms with Crippen LogP contribution in [0.3, 0.4) is 0 Å². The first kappa shape index (κ1) is 38.7. The average Bonchev–Trinajstić information content (AvgIpc) is 3.69.